The number of ether oxygens (including phenoxy) is 2. The van der Waals surface area contributed by atoms with Crippen LogP contribution in [0.3, 0.4) is 0 Å². The summed E-state index contributed by atoms with van der Waals surface area (Å²) in [5.41, 5.74) is 0.864. The molecule has 0 amide bonds. The number of aliphatic imine (C=N–C) groups is 1. The van der Waals surface area contributed by atoms with Gasteiger partial charge in [-0.15, -0.1) is 24.0 Å². The summed E-state index contributed by atoms with van der Waals surface area (Å²) < 4.78 is 36.8. The molecule has 1 heterocycles. The molecular weight excluding hydrogens is 469 g/mol. The number of aromatic nitrogens is 1. The summed E-state index contributed by atoms with van der Waals surface area (Å²) in [6.07, 6.45) is 3.99. The number of nitrogens with zero attached hydrogens (tertiary/aromatic N) is 2. The summed E-state index contributed by atoms with van der Waals surface area (Å²) >= 11 is 0. The minimum Gasteiger partial charge on any atom is -0.490 e. The number of rotatable bonds is 9. The minimum absolute atomic E-state index is 0. The third-order valence-electron chi connectivity index (χ3n) is 3.54. The molecule has 2 aromatic rings. The van der Waals surface area contributed by atoms with E-state index in [-0.39, 0.29) is 29.7 Å². The Bertz CT molecular complexity index is 697. The number of guanidine groups is 1. The zero-order valence-corrected chi connectivity index (χ0v) is 17.7. The van der Waals surface area contributed by atoms with Crippen molar-refractivity contribution < 1.29 is 18.3 Å². The Kier molecular flexibility index (Phi) is 10.5. The lowest BCUT2D eigenvalue weighted by atomic mass is 10.2. The normalized spacial score (nSPS) is 11.1. The highest BCUT2D eigenvalue weighted by atomic mass is 127. The molecule has 1 aromatic carbocycles. The van der Waals surface area contributed by atoms with E-state index in [1.807, 2.05) is 24.5 Å². The fourth-order valence-corrected chi connectivity index (χ4v) is 2.35. The fraction of sp³-hybridized carbons (Fsp3) is 0.389. The van der Waals surface area contributed by atoms with Gasteiger partial charge in [0.05, 0.1) is 6.61 Å². The SMILES string of the molecule is CCOc1cc(CNC(=NC)NCCn2cccc2)ccc1OC(F)F.I. The lowest BCUT2D eigenvalue weighted by molar-refractivity contribution is -0.0514. The number of benzene rings is 1. The van der Waals surface area contributed by atoms with Gasteiger partial charge in [0.25, 0.3) is 0 Å². The molecule has 0 saturated carbocycles. The van der Waals surface area contributed by atoms with E-state index in [1.165, 1.54) is 6.07 Å². The first-order chi connectivity index (χ1) is 12.6. The van der Waals surface area contributed by atoms with Crippen molar-refractivity contribution in [3.8, 4) is 11.5 Å². The first-order valence-electron chi connectivity index (χ1n) is 8.38. The van der Waals surface area contributed by atoms with Crippen molar-refractivity contribution in [1.29, 1.82) is 0 Å². The van der Waals surface area contributed by atoms with E-state index in [0.29, 0.717) is 24.9 Å². The average Bonchev–Trinajstić information content (AvgIpc) is 3.13. The Morgan fingerprint density at radius 3 is 2.56 bits per heavy atom. The van der Waals surface area contributed by atoms with Gasteiger partial charge in [-0.3, -0.25) is 4.99 Å². The van der Waals surface area contributed by atoms with Crippen molar-refractivity contribution in [3.63, 3.8) is 0 Å². The highest BCUT2D eigenvalue weighted by Crippen LogP contribution is 2.29. The van der Waals surface area contributed by atoms with Gasteiger partial charge in [0.15, 0.2) is 17.5 Å². The van der Waals surface area contributed by atoms with Crippen LogP contribution in [0.1, 0.15) is 12.5 Å². The molecule has 0 spiro atoms. The van der Waals surface area contributed by atoms with Gasteiger partial charge in [0.1, 0.15) is 0 Å². The number of alkyl halides is 2. The van der Waals surface area contributed by atoms with Crippen LogP contribution in [0, 0.1) is 0 Å². The molecule has 0 aliphatic rings. The van der Waals surface area contributed by atoms with Crippen LogP contribution in [-0.4, -0.2) is 37.3 Å². The Hall–Kier alpha value is -2.04. The molecule has 0 fully saturated rings. The van der Waals surface area contributed by atoms with Crippen molar-refractivity contribution in [3.05, 3.63) is 48.3 Å². The Morgan fingerprint density at radius 2 is 1.93 bits per heavy atom. The zero-order chi connectivity index (χ0) is 18.8. The standard InChI is InChI=1S/C18H24F2N4O2.HI/c1-3-25-16-12-14(6-7-15(16)26-17(19)20)13-23-18(21-2)22-8-11-24-9-4-5-10-24;/h4-7,9-10,12,17H,3,8,11,13H2,1-2H3,(H2,21,22,23);1H. The molecule has 0 bridgehead atoms. The second-order valence-corrected chi connectivity index (χ2v) is 5.37. The number of halogens is 3. The van der Waals surface area contributed by atoms with Crippen LogP contribution in [0.2, 0.25) is 0 Å². The first kappa shape index (κ1) is 23.0. The van der Waals surface area contributed by atoms with Crippen molar-refractivity contribution >= 4 is 29.9 Å². The molecule has 0 unspecified atom stereocenters. The Balaban J connectivity index is 0.00000364. The lowest BCUT2D eigenvalue weighted by Crippen LogP contribution is -2.38. The van der Waals surface area contributed by atoms with Crippen LogP contribution >= 0.6 is 24.0 Å². The van der Waals surface area contributed by atoms with E-state index < -0.39 is 6.61 Å². The van der Waals surface area contributed by atoms with Crippen molar-refractivity contribution in [2.24, 2.45) is 4.99 Å². The van der Waals surface area contributed by atoms with Gasteiger partial charge >= 0.3 is 6.61 Å². The molecule has 0 saturated heterocycles. The summed E-state index contributed by atoms with van der Waals surface area (Å²) in [7, 11) is 1.69. The van der Waals surface area contributed by atoms with E-state index in [0.717, 1.165) is 18.7 Å². The predicted molar refractivity (Wildman–Crippen MR) is 112 cm³/mol. The van der Waals surface area contributed by atoms with Gasteiger partial charge in [-0.1, -0.05) is 6.07 Å². The van der Waals surface area contributed by atoms with Crippen LogP contribution in [0.4, 0.5) is 8.78 Å². The largest absolute Gasteiger partial charge is 0.490 e. The molecule has 9 heteroatoms. The van der Waals surface area contributed by atoms with Crippen molar-refractivity contribution in [2.75, 3.05) is 20.2 Å². The van der Waals surface area contributed by atoms with Gasteiger partial charge in [-0.25, -0.2) is 0 Å². The van der Waals surface area contributed by atoms with E-state index in [9.17, 15) is 8.78 Å². The maximum absolute atomic E-state index is 12.4. The van der Waals surface area contributed by atoms with Crippen LogP contribution in [-0.2, 0) is 13.1 Å². The second-order valence-electron chi connectivity index (χ2n) is 5.37. The maximum Gasteiger partial charge on any atom is 0.387 e. The van der Waals surface area contributed by atoms with Gasteiger partial charge < -0.3 is 24.7 Å². The second kappa shape index (κ2) is 12.4. The zero-order valence-electron chi connectivity index (χ0n) is 15.3. The summed E-state index contributed by atoms with van der Waals surface area (Å²) in [6.45, 7) is 1.27. The molecule has 0 aliphatic carbocycles. The number of nitrogens with one attached hydrogen (secondary N) is 2. The van der Waals surface area contributed by atoms with E-state index in [2.05, 4.69) is 24.9 Å². The van der Waals surface area contributed by atoms with Crippen LogP contribution in [0.15, 0.2) is 47.7 Å². The summed E-state index contributed by atoms with van der Waals surface area (Å²) in [6, 6.07) is 8.83. The van der Waals surface area contributed by atoms with Gasteiger partial charge in [0.2, 0.25) is 0 Å². The van der Waals surface area contributed by atoms with Gasteiger partial charge in [0, 0.05) is 39.1 Å². The van der Waals surface area contributed by atoms with E-state index >= 15 is 0 Å². The summed E-state index contributed by atoms with van der Waals surface area (Å²) in [4.78, 5) is 4.17. The Labute approximate surface area is 175 Å². The lowest BCUT2D eigenvalue weighted by Gasteiger charge is -2.15. The highest BCUT2D eigenvalue weighted by Gasteiger charge is 2.11. The average molecular weight is 494 g/mol. The van der Waals surface area contributed by atoms with Crippen molar-refractivity contribution in [1.82, 2.24) is 15.2 Å². The summed E-state index contributed by atoms with van der Waals surface area (Å²) in [5, 5.41) is 6.40. The molecule has 2 rings (SSSR count). The molecule has 27 heavy (non-hydrogen) atoms. The highest BCUT2D eigenvalue weighted by molar-refractivity contribution is 14.0. The smallest absolute Gasteiger partial charge is 0.387 e. The van der Waals surface area contributed by atoms with Gasteiger partial charge in [-0.05, 0) is 36.8 Å². The van der Waals surface area contributed by atoms with Crippen molar-refractivity contribution in [2.45, 2.75) is 26.6 Å². The predicted octanol–water partition coefficient (Wildman–Crippen LogP) is 3.47. The molecular formula is C18H25F2IN4O2. The number of hydrogen-bond acceptors (Lipinski definition) is 3. The third kappa shape index (κ3) is 8.02. The molecule has 0 aliphatic heterocycles. The fourth-order valence-electron chi connectivity index (χ4n) is 2.35. The molecule has 1 aromatic heterocycles. The molecule has 0 radical (unpaired) electrons. The maximum atomic E-state index is 12.4. The third-order valence-corrected chi connectivity index (χ3v) is 3.54. The van der Waals surface area contributed by atoms with Crippen LogP contribution in [0.5, 0.6) is 11.5 Å². The summed E-state index contributed by atoms with van der Waals surface area (Å²) in [5.74, 6) is 0.977. The number of hydrogen-bond donors (Lipinski definition) is 2. The van der Waals surface area contributed by atoms with E-state index in [4.69, 9.17) is 4.74 Å². The monoisotopic (exact) mass is 494 g/mol. The molecule has 0 atom stereocenters. The van der Waals surface area contributed by atoms with E-state index in [1.54, 1.807) is 26.1 Å². The first-order valence-corrected chi connectivity index (χ1v) is 8.38. The van der Waals surface area contributed by atoms with Crippen LogP contribution < -0.4 is 20.1 Å². The topological polar surface area (TPSA) is 59.8 Å². The minimum atomic E-state index is -2.89. The van der Waals surface area contributed by atoms with Gasteiger partial charge in [-0.2, -0.15) is 8.78 Å². The van der Waals surface area contributed by atoms with Crippen LogP contribution in [0.25, 0.3) is 0 Å². The molecule has 6 nitrogen and oxygen atoms in total. The quantitative estimate of drug-likeness (QED) is 0.319. The Morgan fingerprint density at radius 1 is 1.19 bits per heavy atom. The molecule has 2 N–H and O–H groups in total. The molecule has 150 valence electrons.